The van der Waals surface area contributed by atoms with Crippen molar-refractivity contribution in [3.8, 4) is 5.75 Å². The maximum atomic E-state index is 13.7. The molecule has 25 heavy (non-hydrogen) atoms. The molecule has 0 bridgehead atoms. The monoisotopic (exact) mass is 342 g/mol. The van der Waals surface area contributed by atoms with Gasteiger partial charge in [-0.25, -0.2) is 4.39 Å². The zero-order valence-corrected chi connectivity index (χ0v) is 14.4. The normalized spacial score (nSPS) is 15.9. The lowest BCUT2D eigenvalue weighted by Crippen LogP contribution is -2.47. The number of piperidine rings is 1. The van der Waals surface area contributed by atoms with Crippen LogP contribution in [0.2, 0.25) is 0 Å². The number of rotatable bonds is 4. The van der Waals surface area contributed by atoms with E-state index in [1.165, 1.54) is 6.07 Å². The zero-order valence-electron chi connectivity index (χ0n) is 14.4. The fourth-order valence-corrected chi connectivity index (χ4v) is 2.92. The topological polar surface area (TPSA) is 49.8 Å². The highest BCUT2D eigenvalue weighted by molar-refractivity contribution is 5.79. The largest absolute Gasteiger partial charge is 0.490 e. The Morgan fingerprint density at radius 2 is 2.00 bits per heavy atom. The molecular weight excluding hydrogens is 319 g/mol. The van der Waals surface area contributed by atoms with E-state index in [4.69, 9.17) is 4.74 Å². The number of halogens is 1. The summed E-state index contributed by atoms with van der Waals surface area (Å²) in [5.74, 6) is 1.37. The fraction of sp³-hybridized carbons (Fsp3) is 0.368. The van der Waals surface area contributed by atoms with E-state index in [0.717, 1.165) is 37.6 Å². The van der Waals surface area contributed by atoms with Crippen LogP contribution in [0.25, 0.3) is 0 Å². The number of hydrogen-bond acceptors (Lipinski definition) is 3. The van der Waals surface area contributed by atoms with Gasteiger partial charge in [0.15, 0.2) is 5.96 Å². The first-order chi connectivity index (χ1) is 12.3. The van der Waals surface area contributed by atoms with E-state index < -0.39 is 0 Å². The van der Waals surface area contributed by atoms with Gasteiger partial charge in [-0.05, 0) is 24.3 Å². The zero-order chi connectivity index (χ0) is 17.5. The van der Waals surface area contributed by atoms with Crippen LogP contribution < -0.4 is 10.1 Å². The number of ether oxygens (including phenoxy) is 1. The van der Waals surface area contributed by atoms with E-state index in [9.17, 15) is 4.39 Å². The lowest BCUT2D eigenvalue weighted by Gasteiger charge is -2.34. The number of aliphatic imine (C=N–C) groups is 1. The van der Waals surface area contributed by atoms with Crippen molar-refractivity contribution < 1.29 is 9.13 Å². The van der Waals surface area contributed by atoms with Crippen molar-refractivity contribution in [3.63, 3.8) is 0 Å². The minimum absolute atomic E-state index is 0.213. The highest BCUT2D eigenvalue weighted by Crippen LogP contribution is 2.18. The quantitative estimate of drug-likeness (QED) is 0.686. The molecule has 132 valence electrons. The van der Waals surface area contributed by atoms with Crippen LogP contribution in [-0.2, 0) is 6.54 Å². The van der Waals surface area contributed by atoms with Gasteiger partial charge in [-0.2, -0.15) is 0 Å². The molecule has 2 heterocycles. The Labute approximate surface area is 147 Å². The van der Waals surface area contributed by atoms with Gasteiger partial charge in [0, 0.05) is 39.2 Å². The second kappa shape index (κ2) is 8.46. The van der Waals surface area contributed by atoms with Gasteiger partial charge in [-0.15, -0.1) is 0 Å². The van der Waals surface area contributed by atoms with Gasteiger partial charge < -0.3 is 15.0 Å². The van der Waals surface area contributed by atoms with Gasteiger partial charge in [0.05, 0.1) is 12.2 Å². The van der Waals surface area contributed by atoms with Gasteiger partial charge in [-0.3, -0.25) is 9.98 Å². The average Bonchev–Trinajstić information content (AvgIpc) is 2.66. The van der Waals surface area contributed by atoms with Crippen LogP contribution in [0.15, 0.2) is 53.7 Å². The molecule has 1 aliphatic heterocycles. The van der Waals surface area contributed by atoms with Crippen molar-refractivity contribution in [1.29, 1.82) is 0 Å². The Morgan fingerprint density at radius 3 is 2.68 bits per heavy atom. The first-order valence-electron chi connectivity index (χ1n) is 8.53. The maximum Gasteiger partial charge on any atom is 0.193 e. The fourth-order valence-electron chi connectivity index (χ4n) is 2.92. The molecule has 0 atom stereocenters. The molecule has 0 saturated carbocycles. The molecule has 1 aliphatic rings. The van der Waals surface area contributed by atoms with E-state index in [2.05, 4.69) is 20.2 Å². The molecule has 1 saturated heterocycles. The third kappa shape index (κ3) is 4.68. The molecule has 5 nitrogen and oxygen atoms in total. The van der Waals surface area contributed by atoms with Gasteiger partial charge in [0.2, 0.25) is 0 Å². The summed E-state index contributed by atoms with van der Waals surface area (Å²) in [6, 6.07) is 12.9. The number of likely N-dealkylation sites (tertiary alicyclic amines) is 1. The molecule has 2 aromatic rings. The van der Waals surface area contributed by atoms with E-state index in [0.29, 0.717) is 12.2 Å². The summed E-state index contributed by atoms with van der Waals surface area (Å²) in [7, 11) is 1.74. The minimum Gasteiger partial charge on any atom is -0.490 e. The third-order valence-corrected chi connectivity index (χ3v) is 4.25. The van der Waals surface area contributed by atoms with E-state index in [-0.39, 0.29) is 11.9 Å². The molecular formula is C19H23FN4O. The van der Waals surface area contributed by atoms with Crippen molar-refractivity contribution in [2.75, 3.05) is 20.1 Å². The number of nitrogens with one attached hydrogen (secondary N) is 1. The number of pyridine rings is 1. The first-order valence-corrected chi connectivity index (χ1v) is 8.53. The summed E-state index contributed by atoms with van der Waals surface area (Å²) in [6.07, 6.45) is 3.65. The molecule has 0 amide bonds. The van der Waals surface area contributed by atoms with Crippen LogP contribution in [0, 0.1) is 5.82 Å². The number of para-hydroxylation sites is 1. The molecule has 0 aliphatic carbocycles. The standard InChI is InChI=1S/C19H23FN4O/c1-21-19(23-14-18-17(20)8-5-11-22-18)24-12-9-16(10-13-24)25-15-6-3-2-4-7-15/h2-8,11,16H,9-10,12-14H2,1H3,(H,21,23). The molecule has 0 unspecified atom stereocenters. The van der Waals surface area contributed by atoms with Gasteiger partial charge in [0.1, 0.15) is 17.7 Å². The second-order valence-corrected chi connectivity index (χ2v) is 5.95. The summed E-state index contributed by atoms with van der Waals surface area (Å²) in [4.78, 5) is 10.5. The highest BCUT2D eigenvalue weighted by Gasteiger charge is 2.22. The Balaban J connectivity index is 1.50. The first kappa shape index (κ1) is 17.2. The maximum absolute atomic E-state index is 13.7. The summed E-state index contributed by atoms with van der Waals surface area (Å²) >= 11 is 0. The Morgan fingerprint density at radius 1 is 1.24 bits per heavy atom. The second-order valence-electron chi connectivity index (χ2n) is 5.95. The molecule has 1 fully saturated rings. The Bertz CT molecular complexity index is 700. The van der Waals surface area contributed by atoms with Gasteiger partial charge >= 0.3 is 0 Å². The van der Waals surface area contributed by atoms with Crippen LogP contribution >= 0.6 is 0 Å². The third-order valence-electron chi connectivity index (χ3n) is 4.25. The van der Waals surface area contributed by atoms with Crippen LogP contribution in [0.4, 0.5) is 4.39 Å². The lowest BCUT2D eigenvalue weighted by molar-refractivity contribution is 0.129. The summed E-state index contributed by atoms with van der Waals surface area (Å²) < 4.78 is 19.7. The van der Waals surface area contributed by atoms with Crippen molar-refractivity contribution >= 4 is 5.96 Å². The summed E-state index contributed by atoms with van der Waals surface area (Å²) in [5.41, 5.74) is 0.394. The molecule has 0 radical (unpaired) electrons. The molecule has 1 N–H and O–H groups in total. The van der Waals surface area contributed by atoms with E-state index >= 15 is 0 Å². The van der Waals surface area contributed by atoms with Crippen molar-refractivity contribution in [1.82, 2.24) is 15.2 Å². The Kier molecular flexibility index (Phi) is 5.82. The summed E-state index contributed by atoms with van der Waals surface area (Å²) in [6.45, 7) is 2.02. The van der Waals surface area contributed by atoms with Gasteiger partial charge in [-0.1, -0.05) is 18.2 Å². The Hall–Kier alpha value is -2.63. The average molecular weight is 342 g/mol. The summed E-state index contributed by atoms with van der Waals surface area (Å²) in [5, 5.41) is 3.19. The van der Waals surface area contributed by atoms with Crippen LogP contribution in [0.1, 0.15) is 18.5 Å². The van der Waals surface area contributed by atoms with Crippen LogP contribution in [-0.4, -0.2) is 42.1 Å². The van der Waals surface area contributed by atoms with Crippen molar-refractivity contribution in [2.45, 2.75) is 25.5 Å². The van der Waals surface area contributed by atoms with Crippen molar-refractivity contribution in [2.24, 2.45) is 4.99 Å². The van der Waals surface area contributed by atoms with Crippen LogP contribution in [0.5, 0.6) is 5.75 Å². The van der Waals surface area contributed by atoms with E-state index in [1.54, 1.807) is 19.3 Å². The number of benzene rings is 1. The minimum atomic E-state index is -0.305. The molecule has 1 aromatic heterocycles. The van der Waals surface area contributed by atoms with E-state index in [1.807, 2.05) is 30.3 Å². The molecule has 1 aromatic carbocycles. The number of hydrogen-bond donors (Lipinski definition) is 1. The molecule has 0 spiro atoms. The highest BCUT2D eigenvalue weighted by atomic mass is 19.1. The smallest absolute Gasteiger partial charge is 0.193 e. The predicted molar refractivity (Wildman–Crippen MR) is 96.1 cm³/mol. The SMILES string of the molecule is CN=C(NCc1ncccc1F)N1CCC(Oc2ccccc2)CC1. The number of aromatic nitrogens is 1. The lowest BCUT2D eigenvalue weighted by atomic mass is 10.1. The molecule has 6 heteroatoms. The number of guanidine groups is 1. The number of nitrogens with zero attached hydrogens (tertiary/aromatic N) is 3. The molecule has 3 rings (SSSR count). The van der Waals surface area contributed by atoms with Gasteiger partial charge in [0.25, 0.3) is 0 Å². The predicted octanol–water partition coefficient (Wildman–Crippen LogP) is 2.84. The van der Waals surface area contributed by atoms with Crippen molar-refractivity contribution in [3.05, 3.63) is 60.2 Å². The van der Waals surface area contributed by atoms with Crippen LogP contribution in [0.3, 0.4) is 0 Å².